The van der Waals surface area contributed by atoms with E-state index in [4.69, 9.17) is 4.74 Å². The van der Waals surface area contributed by atoms with E-state index in [1.165, 1.54) is 24.0 Å². The van der Waals surface area contributed by atoms with Crippen LogP contribution in [0.15, 0.2) is 18.2 Å². The highest BCUT2D eigenvalue weighted by Crippen LogP contribution is 2.35. The highest BCUT2D eigenvalue weighted by molar-refractivity contribution is 5.42. The number of rotatable bonds is 3. The lowest BCUT2D eigenvalue weighted by Crippen LogP contribution is -2.27. The Kier molecular flexibility index (Phi) is 3.83. The van der Waals surface area contributed by atoms with E-state index in [0.717, 1.165) is 25.4 Å². The molecule has 1 heterocycles. The van der Waals surface area contributed by atoms with Gasteiger partial charge in [-0.3, -0.25) is 0 Å². The molecule has 0 spiro atoms. The molecule has 0 atom stereocenters. The summed E-state index contributed by atoms with van der Waals surface area (Å²) in [7, 11) is 0. The second kappa shape index (κ2) is 5.35. The van der Waals surface area contributed by atoms with Crippen LogP contribution in [0.1, 0.15) is 36.8 Å². The van der Waals surface area contributed by atoms with Crippen LogP contribution in [0.25, 0.3) is 0 Å². The van der Waals surface area contributed by atoms with Crippen LogP contribution in [0.3, 0.4) is 0 Å². The number of nitrogens with one attached hydrogen (secondary N) is 1. The first-order valence-corrected chi connectivity index (χ1v) is 6.26. The molecule has 0 saturated carbocycles. The third kappa shape index (κ3) is 2.38. The fourth-order valence-corrected chi connectivity index (χ4v) is 2.57. The molecule has 1 aliphatic heterocycles. The lowest BCUT2D eigenvalue weighted by molar-refractivity contribution is 0.329. The van der Waals surface area contributed by atoms with E-state index in [-0.39, 0.29) is 0 Å². The largest absolute Gasteiger partial charge is 0.494 e. The lowest BCUT2D eigenvalue weighted by atomic mass is 9.87. The van der Waals surface area contributed by atoms with E-state index in [1.807, 2.05) is 0 Å². The van der Waals surface area contributed by atoms with Crippen molar-refractivity contribution in [3.63, 3.8) is 0 Å². The topological polar surface area (TPSA) is 21.3 Å². The van der Waals surface area contributed by atoms with Gasteiger partial charge in [-0.05, 0) is 57.3 Å². The summed E-state index contributed by atoms with van der Waals surface area (Å²) in [5.74, 6) is 1.76. The molecule has 16 heavy (non-hydrogen) atoms. The molecule has 1 aliphatic rings. The fraction of sp³-hybridized carbons (Fsp3) is 0.571. The van der Waals surface area contributed by atoms with Crippen molar-refractivity contribution in [3.8, 4) is 5.75 Å². The maximum atomic E-state index is 5.75. The Bertz CT molecular complexity index is 343. The molecule has 0 unspecified atom stereocenters. The minimum atomic E-state index is 0.670. The molecule has 2 rings (SSSR count). The van der Waals surface area contributed by atoms with Gasteiger partial charge in [-0.25, -0.2) is 0 Å². The Labute approximate surface area is 98.0 Å². The Morgan fingerprint density at radius 1 is 1.31 bits per heavy atom. The number of aryl methyl sites for hydroxylation is 1. The minimum absolute atomic E-state index is 0.670. The SMILES string of the molecule is CCOc1cccc(C)c1C1CCNCC1. The molecule has 88 valence electrons. The summed E-state index contributed by atoms with van der Waals surface area (Å²) >= 11 is 0. The Morgan fingerprint density at radius 3 is 2.75 bits per heavy atom. The van der Waals surface area contributed by atoms with Crippen LogP contribution in [-0.4, -0.2) is 19.7 Å². The fourth-order valence-electron chi connectivity index (χ4n) is 2.57. The van der Waals surface area contributed by atoms with Crippen molar-refractivity contribution in [3.05, 3.63) is 29.3 Å². The maximum absolute atomic E-state index is 5.75. The van der Waals surface area contributed by atoms with E-state index in [9.17, 15) is 0 Å². The number of ether oxygens (including phenoxy) is 1. The van der Waals surface area contributed by atoms with Crippen LogP contribution in [0, 0.1) is 6.92 Å². The summed E-state index contributed by atoms with van der Waals surface area (Å²) in [6, 6.07) is 6.39. The minimum Gasteiger partial charge on any atom is -0.494 e. The Hall–Kier alpha value is -1.02. The first-order valence-electron chi connectivity index (χ1n) is 6.26. The van der Waals surface area contributed by atoms with Crippen LogP contribution in [-0.2, 0) is 0 Å². The monoisotopic (exact) mass is 219 g/mol. The average molecular weight is 219 g/mol. The van der Waals surface area contributed by atoms with Crippen LogP contribution in [0.2, 0.25) is 0 Å². The Morgan fingerprint density at radius 2 is 2.06 bits per heavy atom. The highest BCUT2D eigenvalue weighted by atomic mass is 16.5. The van der Waals surface area contributed by atoms with E-state index in [2.05, 4.69) is 37.4 Å². The van der Waals surface area contributed by atoms with Crippen molar-refractivity contribution >= 4 is 0 Å². The van der Waals surface area contributed by atoms with Gasteiger partial charge in [0.05, 0.1) is 6.61 Å². The molecule has 0 amide bonds. The molecule has 0 aromatic heterocycles. The number of piperidine rings is 1. The molecular weight excluding hydrogens is 198 g/mol. The predicted molar refractivity (Wildman–Crippen MR) is 67.2 cm³/mol. The van der Waals surface area contributed by atoms with Crippen molar-refractivity contribution in [1.82, 2.24) is 5.32 Å². The summed E-state index contributed by atoms with van der Waals surface area (Å²) in [6.45, 7) is 7.25. The van der Waals surface area contributed by atoms with Gasteiger partial charge in [0.1, 0.15) is 5.75 Å². The third-order valence-corrected chi connectivity index (χ3v) is 3.33. The number of hydrogen-bond acceptors (Lipinski definition) is 2. The standard InChI is InChI=1S/C14H21NO/c1-3-16-13-6-4-5-11(2)14(13)12-7-9-15-10-8-12/h4-6,12,15H,3,7-10H2,1-2H3. The van der Waals surface area contributed by atoms with Gasteiger partial charge in [0.2, 0.25) is 0 Å². The summed E-state index contributed by atoms with van der Waals surface area (Å²) in [5.41, 5.74) is 2.81. The van der Waals surface area contributed by atoms with Gasteiger partial charge in [-0.1, -0.05) is 12.1 Å². The van der Waals surface area contributed by atoms with E-state index in [0.29, 0.717) is 5.92 Å². The van der Waals surface area contributed by atoms with Gasteiger partial charge in [0, 0.05) is 5.56 Å². The van der Waals surface area contributed by atoms with E-state index in [1.54, 1.807) is 0 Å². The normalized spacial score (nSPS) is 17.4. The van der Waals surface area contributed by atoms with Crippen molar-refractivity contribution in [2.24, 2.45) is 0 Å². The maximum Gasteiger partial charge on any atom is 0.123 e. The summed E-state index contributed by atoms with van der Waals surface area (Å²) < 4.78 is 5.75. The second-order valence-electron chi connectivity index (χ2n) is 4.44. The number of hydrogen-bond donors (Lipinski definition) is 1. The second-order valence-corrected chi connectivity index (χ2v) is 4.44. The van der Waals surface area contributed by atoms with Crippen molar-refractivity contribution in [1.29, 1.82) is 0 Å². The van der Waals surface area contributed by atoms with E-state index < -0.39 is 0 Å². The molecule has 0 bridgehead atoms. The molecular formula is C14H21NO. The average Bonchev–Trinajstić information content (AvgIpc) is 2.31. The van der Waals surface area contributed by atoms with E-state index >= 15 is 0 Å². The zero-order valence-electron chi connectivity index (χ0n) is 10.3. The lowest BCUT2D eigenvalue weighted by Gasteiger charge is -2.26. The Balaban J connectivity index is 2.28. The summed E-state index contributed by atoms with van der Waals surface area (Å²) in [5, 5.41) is 3.41. The molecule has 1 fully saturated rings. The van der Waals surface area contributed by atoms with Crippen LogP contribution in [0.4, 0.5) is 0 Å². The third-order valence-electron chi connectivity index (χ3n) is 3.33. The molecule has 2 heteroatoms. The summed E-state index contributed by atoms with van der Waals surface area (Å²) in [6.07, 6.45) is 2.45. The molecule has 0 radical (unpaired) electrons. The van der Waals surface area contributed by atoms with Crippen molar-refractivity contribution in [2.45, 2.75) is 32.6 Å². The quantitative estimate of drug-likeness (QED) is 0.844. The first kappa shape index (κ1) is 11.5. The molecule has 1 aromatic carbocycles. The smallest absolute Gasteiger partial charge is 0.123 e. The van der Waals surface area contributed by atoms with Gasteiger partial charge >= 0.3 is 0 Å². The zero-order valence-corrected chi connectivity index (χ0v) is 10.3. The van der Waals surface area contributed by atoms with Gasteiger partial charge < -0.3 is 10.1 Å². The molecule has 0 aliphatic carbocycles. The van der Waals surface area contributed by atoms with Crippen LogP contribution in [0.5, 0.6) is 5.75 Å². The van der Waals surface area contributed by atoms with Gasteiger partial charge in [-0.2, -0.15) is 0 Å². The van der Waals surface area contributed by atoms with Crippen molar-refractivity contribution in [2.75, 3.05) is 19.7 Å². The van der Waals surface area contributed by atoms with Gasteiger partial charge in [0.25, 0.3) is 0 Å². The predicted octanol–water partition coefficient (Wildman–Crippen LogP) is 2.86. The molecule has 1 saturated heterocycles. The van der Waals surface area contributed by atoms with Crippen LogP contribution >= 0.6 is 0 Å². The first-order chi connectivity index (χ1) is 7.83. The molecule has 1 aromatic rings. The van der Waals surface area contributed by atoms with Gasteiger partial charge in [-0.15, -0.1) is 0 Å². The van der Waals surface area contributed by atoms with Crippen molar-refractivity contribution < 1.29 is 4.74 Å². The number of benzene rings is 1. The zero-order chi connectivity index (χ0) is 11.4. The highest BCUT2D eigenvalue weighted by Gasteiger charge is 2.20. The van der Waals surface area contributed by atoms with Gasteiger partial charge in [0.15, 0.2) is 0 Å². The molecule has 2 nitrogen and oxygen atoms in total. The summed E-state index contributed by atoms with van der Waals surface area (Å²) in [4.78, 5) is 0. The van der Waals surface area contributed by atoms with Crippen LogP contribution < -0.4 is 10.1 Å². The molecule has 1 N–H and O–H groups in total.